The Balaban J connectivity index is 2.96. The van der Waals surface area contributed by atoms with E-state index in [4.69, 9.17) is 16.3 Å². The van der Waals surface area contributed by atoms with Crippen LogP contribution in [0.3, 0.4) is 0 Å². The number of methoxy groups -OCH3 is 1. The topological polar surface area (TPSA) is 26.3 Å². The lowest BCUT2D eigenvalue weighted by Crippen LogP contribution is -2.01. The quantitative estimate of drug-likeness (QED) is 0.571. The average Bonchev–Trinajstić information content (AvgIpc) is 2.17. The number of hydrogen-bond donors (Lipinski definition) is 0. The third-order valence-corrected chi connectivity index (χ3v) is 1.94. The fraction of sp³-hybridized carbons (Fsp3) is 0.300. The lowest BCUT2D eigenvalue weighted by atomic mass is 10.1. The molecule has 2 nitrogen and oxygen atoms in total. The second-order valence-corrected chi connectivity index (χ2v) is 3.12. The molecule has 0 saturated heterocycles. The standard InChI is InChI=1S/C10H10ClFO2/c1-14-9-5-7(4-8(12)6-9)10(13)2-3-11/h4-6H,2-3H2,1H3. The van der Waals surface area contributed by atoms with Crippen LogP contribution < -0.4 is 4.74 Å². The molecule has 0 unspecified atom stereocenters. The third kappa shape index (κ3) is 2.70. The van der Waals surface area contributed by atoms with E-state index in [9.17, 15) is 9.18 Å². The normalized spacial score (nSPS) is 9.93. The van der Waals surface area contributed by atoms with Gasteiger partial charge in [0.05, 0.1) is 7.11 Å². The Bertz CT molecular complexity index is 339. The maximum Gasteiger partial charge on any atom is 0.164 e. The molecule has 0 heterocycles. The second-order valence-electron chi connectivity index (χ2n) is 2.74. The molecular formula is C10H10ClFO2. The number of carbonyl (C=O) groups is 1. The molecule has 0 N–H and O–H groups in total. The molecule has 0 amide bonds. The fourth-order valence-corrected chi connectivity index (χ4v) is 1.24. The van der Waals surface area contributed by atoms with E-state index in [0.717, 1.165) is 0 Å². The molecule has 0 bridgehead atoms. The molecule has 0 aliphatic heterocycles. The van der Waals surface area contributed by atoms with Crippen LogP contribution in [0.4, 0.5) is 4.39 Å². The van der Waals surface area contributed by atoms with Crippen LogP contribution >= 0.6 is 11.6 Å². The SMILES string of the molecule is COc1cc(F)cc(C(=O)CCCl)c1. The highest BCUT2D eigenvalue weighted by Crippen LogP contribution is 2.17. The highest BCUT2D eigenvalue weighted by Gasteiger charge is 2.08. The average molecular weight is 217 g/mol. The van der Waals surface area contributed by atoms with Gasteiger partial charge in [-0.2, -0.15) is 0 Å². The Morgan fingerprint density at radius 2 is 2.21 bits per heavy atom. The minimum Gasteiger partial charge on any atom is -0.497 e. The Kier molecular flexibility index (Phi) is 3.89. The summed E-state index contributed by atoms with van der Waals surface area (Å²) in [5.74, 6) is -0.0968. The highest BCUT2D eigenvalue weighted by molar-refractivity contribution is 6.19. The summed E-state index contributed by atoms with van der Waals surface area (Å²) in [4.78, 5) is 11.4. The minimum absolute atomic E-state index is 0.183. The van der Waals surface area contributed by atoms with Crippen molar-refractivity contribution in [1.29, 1.82) is 0 Å². The van der Waals surface area contributed by atoms with E-state index in [0.29, 0.717) is 11.3 Å². The Morgan fingerprint density at radius 1 is 1.50 bits per heavy atom. The summed E-state index contributed by atoms with van der Waals surface area (Å²) in [6.07, 6.45) is 0.203. The van der Waals surface area contributed by atoms with Gasteiger partial charge in [-0.3, -0.25) is 4.79 Å². The number of ether oxygens (including phenoxy) is 1. The molecule has 1 rings (SSSR count). The maximum absolute atomic E-state index is 13.0. The molecule has 76 valence electrons. The molecule has 14 heavy (non-hydrogen) atoms. The van der Waals surface area contributed by atoms with Crippen molar-refractivity contribution in [1.82, 2.24) is 0 Å². The van der Waals surface area contributed by atoms with Crippen molar-refractivity contribution in [2.75, 3.05) is 13.0 Å². The predicted molar refractivity (Wildman–Crippen MR) is 52.6 cm³/mol. The van der Waals surface area contributed by atoms with Crippen molar-refractivity contribution in [3.05, 3.63) is 29.6 Å². The summed E-state index contributed by atoms with van der Waals surface area (Å²) in [5, 5.41) is 0. The number of ketones is 1. The van der Waals surface area contributed by atoms with Crippen LogP contribution in [0.15, 0.2) is 18.2 Å². The number of rotatable bonds is 4. The van der Waals surface area contributed by atoms with Crippen molar-refractivity contribution in [3.63, 3.8) is 0 Å². The van der Waals surface area contributed by atoms with Gasteiger partial charge in [0.25, 0.3) is 0 Å². The Morgan fingerprint density at radius 3 is 2.79 bits per heavy atom. The third-order valence-electron chi connectivity index (χ3n) is 1.75. The molecule has 0 spiro atoms. The van der Waals surface area contributed by atoms with Crippen LogP contribution in [0, 0.1) is 5.82 Å². The molecular weight excluding hydrogens is 207 g/mol. The summed E-state index contributed by atoms with van der Waals surface area (Å²) < 4.78 is 17.8. The van der Waals surface area contributed by atoms with Crippen LogP contribution in [0.2, 0.25) is 0 Å². The van der Waals surface area contributed by atoms with E-state index in [-0.39, 0.29) is 18.1 Å². The van der Waals surface area contributed by atoms with Gasteiger partial charge in [0, 0.05) is 23.9 Å². The van der Waals surface area contributed by atoms with Crippen LogP contribution in [0.25, 0.3) is 0 Å². The summed E-state index contributed by atoms with van der Waals surface area (Å²) >= 11 is 5.41. The van der Waals surface area contributed by atoms with Crippen molar-refractivity contribution in [3.8, 4) is 5.75 Å². The summed E-state index contributed by atoms with van der Waals surface area (Å²) in [6.45, 7) is 0. The van der Waals surface area contributed by atoms with Gasteiger partial charge in [-0.25, -0.2) is 4.39 Å². The van der Waals surface area contributed by atoms with Crippen molar-refractivity contribution in [2.24, 2.45) is 0 Å². The molecule has 0 aliphatic carbocycles. The van der Waals surface area contributed by atoms with Crippen LogP contribution in [0.5, 0.6) is 5.75 Å². The Labute approximate surface area is 86.6 Å². The lowest BCUT2D eigenvalue weighted by molar-refractivity contribution is 0.0988. The molecule has 1 aromatic carbocycles. The number of benzene rings is 1. The number of hydrogen-bond acceptors (Lipinski definition) is 2. The first-order valence-electron chi connectivity index (χ1n) is 4.11. The van der Waals surface area contributed by atoms with Crippen LogP contribution in [0.1, 0.15) is 16.8 Å². The highest BCUT2D eigenvalue weighted by atomic mass is 35.5. The summed E-state index contributed by atoms with van der Waals surface area (Å²) in [5.41, 5.74) is 0.294. The maximum atomic E-state index is 13.0. The number of alkyl halides is 1. The predicted octanol–water partition coefficient (Wildman–Crippen LogP) is 2.65. The molecule has 0 aliphatic rings. The number of Topliss-reactive ketones (excluding diaryl/α,β-unsaturated/α-hetero) is 1. The zero-order chi connectivity index (χ0) is 10.6. The second kappa shape index (κ2) is 4.96. The van der Waals surface area contributed by atoms with Crippen molar-refractivity contribution >= 4 is 17.4 Å². The molecule has 0 saturated carbocycles. The lowest BCUT2D eigenvalue weighted by Gasteiger charge is -2.03. The fourth-order valence-electron chi connectivity index (χ4n) is 1.07. The largest absolute Gasteiger partial charge is 0.497 e. The summed E-state index contributed by atoms with van der Waals surface area (Å²) in [6, 6.07) is 3.90. The zero-order valence-corrected chi connectivity index (χ0v) is 8.47. The molecule has 0 atom stereocenters. The van der Waals surface area contributed by atoms with E-state index in [2.05, 4.69) is 0 Å². The van der Waals surface area contributed by atoms with Gasteiger partial charge in [0.15, 0.2) is 5.78 Å². The van der Waals surface area contributed by atoms with Gasteiger partial charge >= 0.3 is 0 Å². The van der Waals surface area contributed by atoms with Crippen LogP contribution in [-0.4, -0.2) is 18.8 Å². The van der Waals surface area contributed by atoms with Gasteiger partial charge < -0.3 is 4.74 Å². The van der Waals surface area contributed by atoms with Gasteiger partial charge in [-0.1, -0.05) is 0 Å². The first kappa shape index (κ1) is 11.0. The minimum atomic E-state index is -0.484. The molecule has 0 radical (unpaired) electrons. The summed E-state index contributed by atoms with van der Waals surface area (Å²) in [7, 11) is 1.42. The van der Waals surface area contributed by atoms with Crippen molar-refractivity contribution < 1.29 is 13.9 Å². The van der Waals surface area contributed by atoms with Gasteiger partial charge in [-0.15, -0.1) is 11.6 Å². The Hall–Kier alpha value is -1.09. The zero-order valence-electron chi connectivity index (χ0n) is 7.72. The van der Waals surface area contributed by atoms with Gasteiger partial charge in [-0.05, 0) is 12.1 Å². The monoisotopic (exact) mass is 216 g/mol. The first-order chi connectivity index (χ1) is 6.67. The van der Waals surface area contributed by atoms with E-state index in [1.807, 2.05) is 0 Å². The number of carbonyl (C=O) groups excluding carboxylic acids is 1. The molecule has 0 fully saturated rings. The molecule has 0 aromatic heterocycles. The van der Waals surface area contributed by atoms with Gasteiger partial charge in [0.2, 0.25) is 0 Å². The first-order valence-corrected chi connectivity index (χ1v) is 4.64. The van der Waals surface area contributed by atoms with E-state index < -0.39 is 5.82 Å². The number of halogens is 2. The van der Waals surface area contributed by atoms with E-state index in [1.54, 1.807) is 0 Å². The van der Waals surface area contributed by atoms with Crippen molar-refractivity contribution in [2.45, 2.75) is 6.42 Å². The van der Waals surface area contributed by atoms with Gasteiger partial charge in [0.1, 0.15) is 11.6 Å². The van der Waals surface area contributed by atoms with E-state index in [1.165, 1.54) is 25.3 Å². The molecule has 4 heteroatoms. The van der Waals surface area contributed by atoms with Crippen LogP contribution in [-0.2, 0) is 0 Å². The van der Waals surface area contributed by atoms with E-state index >= 15 is 0 Å². The molecule has 1 aromatic rings. The smallest absolute Gasteiger partial charge is 0.164 e.